The third kappa shape index (κ3) is 6.66. The molecule has 0 saturated carbocycles. The summed E-state index contributed by atoms with van der Waals surface area (Å²) in [4.78, 5) is 39.6. The van der Waals surface area contributed by atoms with E-state index in [0.29, 0.717) is 23.1 Å². The highest BCUT2D eigenvalue weighted by Gasteiger charge is 2.28. The number of nitrogens with zero attached hydrogens (tertiary/aromatic N) is 3. The number of aromatic nitrogens is 3. The van der Waals surface area contributed by atoms with Gasteiger partial charge in [0.15, 0.2) is 11.0 Å². The van der Waals surface area contributed by atoms with Crippen molar-refractivity contribution < 1.29 is 23.9 Å². The molecule has 4 aromatic rings. The maximum absolute atomic E-state index is 13.1. The third-order valence-corrected chi connectivity index (χ3v) is 9.32. The number of thioether (sulfide) groups is 1. The van der Waals surface area contributed by atoms with Gasteiger partial charge >= 0.3 is 11.9 Å². The molecule has 0 unspecified atom stereocenters. The van der Waals surface area contributed by atoms with Crippen molar-refractivity contribution in [2.75, 3.05) is 24.3 Å². The molecule has 42 heavy (non-hydrogen) atoms. The predicted octanol–water partition coefficient (Wildman–Crippen LogP) is 6.93. The second kappa shape index (κ2) is 14.0. The summed E-state index contributed by atoms with van der Waals surface area (Å²) in [5, 5.41) is 14.6. The Bertz CT molecular complexity index is 1620. The third-order valence-electron chi connectivity index (χ3n) is 6.26. The largest absolute Gasteiger partial charge is 0.462 e. The van der Waals surface area contributed by atoms with Gasteiger partial charge in [-0.05, 0) is 45.7 Å². The molecule has 1 amide bonds. The van der Waals surface area contributed by atoms with Crippen molar-refractivity contribution in [3.8, 4) is 22.5 Å². The lowest BCUT2D eigenvalue weighted by molar-refractivity contribution is -0.113. The van der Waals surface area contributed by atoms with Gasteiger partial charge in [-0.2, -0.15) is 0 Å². The molecule has 12 heteroatoms. The molecular formula is C30H32N4O5S3. The van der Waals surface area contributed by atoms with Crippen molar-refractivity contribution >= 4 is 57.3 Å². The molecule has 0 bridgehead atoms. The molecule has 0 radical (unpaired) electrons. The topological polar surface area (TPSA) is 112 Å². The molecule has 0 aliphatic carbocycles. The number of nitrogens with one attached hydrogen (secondary N) is 1. The van der Waals surface area contributed by atoms with E-state index in [-0.39, 0.29) is 40.3 Å². The number of hydrogen-bond acceptors (Lipinski definition) is 10. The van der Waals surface area contributed by atoms with Gasteiger partial charge < -0.3 is 14.8 Å². The summed E-state index contributed by atoms with van der Waals surface area (Å²) in [6.45, 7) is 13.9. The average Bonchev–Trinajstić information content (AvgIpc) is 3.63. The van der Waals surface area contributed by atoms with Gasteiger partial charge in [0.25, 0.3) is 0 Å². The number of hydrogen-bond donors (Lipinski definition) is 1. The van der Waals surface area contributed by atoms with Gasteiger partial charge in [-0.1, -0.05) is 47.7 Å². The van der Waals surface area contributed by atoms with Crippen molar-refractivity contribution in [3.05, 3.63) is 68.7 Å². The Balaban J connectivity index is 1.58. The van der Waals surface area contributed by atoms with E-state index in [1.165, 1.54) is 22.2 Å². The molecule has 0 saturated heterocycles. The van der Waals surface area contributed by atoms with Crippen molar-refractivity contribution in [3.63, 3.8) is 0 Å². The quantitative estimate of drug-likeness (QED) is 0.103. The van der Waals surface area contributed by atoms with E-state index in [9.17, 15) is 14.4 Å². The number of rotatable bonds is 12. The number of benzene rings is 1. The lowest BCUT2D eigenvalue weighted by Crippen LogP contribution is -2.17. The summed E-state index contributed by atoms with van der Waals surface area (Å²) in [5.74, 6) is -0.856. The van der Waals surface area contributed by atoms with Gasteiger partial charge in [-0.15, -0.1) is 39.4 Å². The first-order valence-electron chi connectivity index (χ1n) is 13.3. The van der Waals surface area contributed by atoms with Gasteiger partial charge in [0.1, 0.15) is 9.88 Å². The van der Waals surface area contributed by atoms with Crippen LogP contribution in [0.3, 0.4) is 0 Å². The van der Waals surface area contributed by atoms with E-state index in [2.05, 4.69) is 65.6 Å². The van der Waals surface area contributed by atoms with E-state index in [1.807, 2.05) is 4.57 Å². The molecule has 3 heterocycles. The summed E-state index contributed by atoms with van der Waals surface area (Å²) in [6.07, 6.45) is 1.76. The van der Waals surface area contributed by atoms with Gasteiger partial charge in [-0.3, -0.25) is 9.36 Å². The van der Waals surface area contributed by atoms with E-state index >= 15 is 0 Å². The Morgan fingerprint density at radius 1 is 1.05 bits per heavy atom. The minimum atomic E-state index is -0.615. The number of anilines is 1. The molecule has 3 aromatic heterocycles. The Kier molecular flexibility index (Phi) is 10.4. The standard InChI is InChI=1S/C30H32N4O5S3/c1-7-14-34-26(21-15-40-19(6)24(21)20-12-10-17(4)11-13-20)32-33-30(34)41-16-22(35)31-27-23(28(36)38-8-2)18(5)25(42-27)29(37)39-9-3/h7,10-13,15H,1,8-9,14,16H2,2-6H3,(H,31,35). The first-order chi connectivity index (χ1) is 20.2. The van der Waals surface area contributed by atoms with E-state index in [4.69, 9.17) is 9.47 Å². The molecule has 220 valence electrons. The zero-order valence-corrected chi connectivity index (χ0v) is 26.6. The first-order valence-corrected chi connectivity index (χ1v) is 16.0. The monoisotopic (exact) mass is 624 g/mol. The molecule has 0 aliphatic rings. The highest BCUT2D eigenvalue weighted by atomic mass is 32.2. The molecule has 9 nitrogen and oxygen atoms in total. The summed E-state index contributed by atoms with van der Waals surface area (Å²) >= 11 is 3.86. The number of ether oxygens (including phenoxy) is 2. The molecule has 4 rings (SSSR count). The highest BCUT2D eigenvalue weighted by Crippen LogP contribution is 2.39. The fourth-order valence-electron chi connectivity index (χ4n) is 4.32. The average molecular weight is 625 g/mol. The van der Waals surface area contributed by atoms with Crippen molar-refractivity contribution in [2.24, 2.45) is 0 Å². The van der Waals surface area contributed by atoms with Gasteiger partial charge in [0, 0.05) is 27.9 Å². The molecule has 1 aromatic carbocycles. The van der Waals surface area contributed by atoms with Crippen LogP contribution in [0.2, 0.25) is 0 Å². The van der Waals surface area contributed by atoms with Crippen LogP contribution in [-0.4, -0.2) is 51.6 Å². The molecule has 0 atom stereocenters. The number of allylic oxidation sites excluding steroid dienone is 1. The number of amides is 1. The van der Waals surface area contributed by atoms with Gasteiger partial charge in [0.05, 0.1) is 24.5 Å². The number of thiophene rings is 2. The maximum atomic E-state index is 13.1. The fourth-order valence-corrected chi connectivity index (χ4v) is 7.04. The van der Waals surface area contributed by atoms with Crippen molar-refractivity contribution in [1.82, 2.24) is 14.8 Å². The van der Waals surface area contributed by atoms with Crippen LogP contribution in [0.25, 0.3) is 22.5 Å². The zero-order valence-electron chi connectivity index (χ0n) is 24.1. The number of carbonyl (C=O) groups excluding carboxylic acids is 3. The van der Waals surface area contributed by atoms with Gasteiger partial charge in [0.2, 0.25) is 5.91 Å². The second-order valence-electron chi connectivity index (χ2n) is 9.19. The molecule has 0 fully saturated rings. The molecule has 1 N–H and O–H groups in total. The number of carbonyl (C=O) groups is 3. The van der Waals surface area contributed by atoms with Crippen LogP contribution >= 0.6 is 34.4 Å². The second-order valence-corrected chi connectivity index (χ2v) is 12.2. The summed E-state index contributed by atoms with van der Waals surface area (Å²) in [7, 11) is 0. The van der Waals surface area contributed by atoms with E-state index in [0.717, 1.165) is 28.0 Å². The first kappa shape index (κ1) is 31.2. The van der Waals surface area contributed by atoms with Crippen molar-refractivity contribution in [2.45, 2.75) is 46.3 Å². The number of esters is 2. The van der Waals surface area contributed by atoms with Gasteiger partial charge in [-0.25, -0.2) is 9.59 Å². The van der Waals surface area contributed by atoms with Crippen LogP contribution in [-0.2, 0) is 20.8 Å². The molecular weight excluding hydrogens is 593 g/mol. The molecule has 0 aliphatic heterocycles. The van der Waals surface area contributed by atoms with Crippen LogP contribution < -0.4 is 5.32 Å². The highest BCUT2D eigenvalue weighted by molar-refractivity contribution is 7.99. The Hall–Kier alpha value is -3.74. The minimum absolute atomic E-state index is 0.00326. The van der Waals surface area contributed by atoms with Crippen LogP contribution in [0, 0.1) is 20.8 Å². The lowest BCUT2D eigenvalue weighted by atomic mass is 10.0. The van der Waals surface area contributed by atoms with E-state index < -0.39 is 11.9 Å². The smallest absolute Gasteiger partial charge is 0.348 e. The zero-order chi connectivity index (χ0) is 30.4. The van der Waals surface area contributed by atoms with E-state index in [1.54, 1.807) is 38.2 Å². The SMILES string of the molecule is C=CCn1c(SCC(=O)Nc2sc(C(=O)OCC)c(C)c2C(=O)OCC)nnc1-c1csc(C)c1-c1ccc(C)cc1. The van der Waals surface area contributed by atoms with Crippen molar-refractivity contribution in [1.29, 1.82) is 0 Å². The Labute approximate surface area is 257 Å². The summed E-state index contributed by atoms with van der Waals surface area (Å²) in [6, 6.07) is 8.38. The fraction of sp³-hybridized carbons (Fsp3) is 0.300. The van der Waals surface area contributed by atoms with Crippen LogP contribution in [0.5, 0.6) is 0 Å². The normalized spacial score (nSPS) is 10.9. The predicted molar refractivity (Wildman–Crippen MR) is 169 cm³/mol. The summed E-state index contributed by atoms with van der Waals surface area (Å²) < 4.78 is 12.2. The minimum Gasteiger partial charge on any atom is -0.462 e. The summed E-state index contributed by atoms with van der Waals surface area (Å²) in [5.41, 5.74) is 4.91. The van der Waals surface area contributed by atoms with Crippen LogP contribution in [0.15, 0.2) is 47.5 Å². The molecule has 0 spiro atoms. The van der Waals surface area contributed by atoms with Crippen LogP contribution in [0.1, 0.15) is 49.9 Å². The Morgan fingerprint density at radius 3 is 2.40 bits per heavy atom. The lowest BCUT2D eigenvalue weighted by Gasteiger charge is -2.10. The van der Waals surface area contributed by atoms with Crippen LogP contribution in [0.4, 0.5) is 5.00 Å². The number of aryl methyl sites for hydroxylation is 2. The Morgan fingerprint density at radius 2 is 1.74 bits per heavy atom. The maximum Gasteiger partial charge on any atom is 0.348 e.